The first-order valence-electron chi connectivity index (χ1n) is 9.85. The second kappa shape index (κ2) is 6.87. The van der Waals surface area contributed by atoms with Gasteiger partial charge in [-0.25, -0.2) is 4.98 Å². The Hall–Kier alpha value is -2.44. The second-order valence-electron chi connectivity index (χ2n) is 8.05. The van der Waals surface area contributed by atoms with Gasteiger partial charge in [0.1, 0.15) is 11.4 Å². The molecule has 0 radical (unpaired) electrons. The van der Waals surface area contributed by atoms with Crippen molar-refractivity contribution in [3.63, 3.8) is 0 Å². The highest BCUT2D eigenvalue weighted by Gasteiger charge is 2.44. The number of aromatic nitrogens is 1. The lowest BCUT2D eigenvalue weighted by molar-refractivity contribution is -0.887. The molecule has 2 aromatic carbocycles. The molecule has 3 aromatic rings. The summed E-state index contributed by atoms with van der Waals surface area (Å²) in [6, 6.07) is 13.8. The number of quaternary nitrogens is 1. The summed E-state index contributed by atoms with van der Waals surface area (Å²) in [6.45, 7) is 2.20. The number of nitrogens with zero attached hydrogens (tertiary/aromatic N) is 1. The van der Waals surface area contributed by atoms with E-state index in [1.54, 1.807) is 16.2 Å². The number of hydrogen-bond donors (Lipinski definition) is 2. The van der Waals surface area contributed by atoms with E-state index < -0.39 is 0 Å². The van der Waals surface area contributed by atoms with Gasteiger partial charge < -0.3 is 15.0 Å². The van der Waals surface area contributed by atoms with Crippen molar-refractivity contribution in [2.45, 2.75) is 30.9 Å². The van der Waals surface area contributed by atoms with E-state index in [9.17, 15) is 4.79 Å². The Bertz CT molecular complexity index is 1020. The molecule has 2 aliphatic rings. The zero-order chi connectivity index (χ0) is 19.1. The van der Waals surface area contributed by atoms with Crippen molar-refractivity contribution in [3.05, 3.63) is 59.1 Å². The Morgan fingerprint density at radius 1 is 1.25 bits per heavy atom. The number of rotatable bonds is 2. The summed E-state index contributed by atoms with van der Waals surface area (Å²) in [5.74, 6) is 0.877. The maximum Gasteiger partial charge on any atom is 0.251 e. The molecule has 6 heteroatoms. The van der Waals surface area contributed by atoms with Crippen LogP contribution < -0.4 is 15.0 Å². The molecule has 0 bridgehead atoms. The van der Waals surface area contributed by atoms with Crippen molar-refractivity contribution in [2.75, 3.05) is 20.1 Å². The Morgan fingerprint density at radius 3 is 2.93 bits per heavy atom. The molecule has 1 amide bonds. The Balaban J connectivity index is 1.43. The maximum absolute atomic E-state index is 13.0. The number of benzene rings is 2. The van der Waals surface area contributed by atoms with Gasteiger partial charge in [0.2, 0.25) is 0 Å². The minimum absolute atomic E-state index is 0.0342. The van der Waals surface area contributed by atoms with Crippen molar-refractivity contribution in [1.29, 1.82) is 0 Å². The van der Waals surface area contributed by atoms with E-state index in [2.05, 4.69) is 23.4 Å². The summed E-state index contributed by atoms with van der Waals surface area (Å²) in [6.07, 6.45) is 2.87. The fraction of sp³-hybridized carbons (Fsp3) is 0.364. The topological polar surface area (TPSA) is 55.7 Å². The number of carbonyl (C=O) groups is 1. The third-order valence-corrected chi connectivity index (χ3v) is 6.90. The summed E-state index contributed by atoms with van der Waals surface area (Å²) < 4.78 is 7.54. The molecule has 5 rings (SSSR count). The van der Waals surface area contributed by atoms with Crippen molar-refractivity contribution in [3.8, 4) is 5.75 Å². The fourth-order valence-electron chi connectivity index (χ4n) is 4.42. The van der Waals surface area contributed by atoms with Gasteiger partial charge in [-0.15, -0.1) is 11.3 Å². The predicted molar refractivity (Wildman–Crippen MR) is 110 cm³/mol. The van der Waals surface area contributed by atoms with Crippen molar-refractivity contribution in [2.24, 2.45) is 0 Å². The van der Waals surface area contributed by atoms with Gasteiger partial charge >= 0.3 is 0 Å². The smallest absolute Gasteiger partial charge is 0.251 e. The lowest BCUT2D eigenvalue weighted by atomic mass is 9.80. The number of hydrogen-bond acceptors (Lipinski definition) is 4. The van der Waals surface area contributed by atoms with Gasteiger partial charge in [0.25, 0.3) is 5.91 Å². The first-order chi connectivity index (χ1) is 13.6. The summed E-state index contributed by atoms with van der Waals surface area (Å²) in [5.41, 5.74) is 4.33. The zero-order valence-electron chi connectivity index (χ0n) is 15.9. The summed E-state index contributed by atoms with van der Waals surface area (Å²) in [5, 5.41) is 3.29. The molecule has 144 valence electrons. The molecule has 1 atom stereocenters. The van der Waals surface area contributed by atoms with Gasteiger partial charge in [0.15, 0.2) is 0 Å². The SMILES string of the molecule is C[NH+]1CCC2(CC1)C[C@H](NC(=O)c1ccc3ncsc3c1)c1ccccc1O2. The summed E-state index contributed by atoms with van der Waals surface area (Å²) >= 11 is 1.56. The third kappa shape index (κ3) is 3.16. The van der Waals surface area contributed by atoms with Crippen molar-refractivity contribution >= 4 is 27.5 Å². The number of thiazole rings is 1. The average Bonchev–Trinajstić information content (AvgIpc) is 3.18. The third-order valence-electron chi connectivity index (χ3n) is 6.11. The Kier molecular flexibility index (Phi) is 4.33. The summed E-state index contributed by atoms with van der Waals surface area (Å²) in [7, 11) is 2.23. The molecule has 1 aromatic heterocycles. The van der Waals surface area contributed by atoms with Crippen molar-refractivity contribution < 1.29 is 14.4 Å². The number of ether oxygens (including phenoxy) is 1. The van der Waals surface area contributed by atoms with Crippen LogP contribution in [-0.2, 0) is 0 Å². The molecule has 0 saturated carbocycles. The monoisotopic (exact) mass is 394 g/mol. The lowest BCUT2D eigenvalue weighted by Crippen LogP contribution is -3.10. The van der Waals surface area contributed by atoms with Crippen LogP contribution in [0, 0.1) is 0 Å². The van der Waals surface area contributed by atoms with Crippen LogP contribution >= 0.6 is 11.3 Å². The Morgan fingerprint density at radius 2 is 2.07 bits per heavy atom. The first-order valence-corrected chi connectivity index (χ1v) is 10.7. The quantitative estimate of drug-likeness (QED) is 0.703. The highest BCUT2D eigenvalue weighted by atomic mass is 32.1. The average molecular weight is 395 g/mol. The summed E-state index contributed by atoms with van der Waals surface area (Å²) in [4.78, 5) is 18.9. The number of fused-ring (bicyclic) bond motifs is 2. The standard InChI is InChI=1S/C22H23N3O2S/c1-25-10-8-22(9-11-25)13-18(16-4-2-3-5-19(16)27-22)24-21(26)15-6-7-17-20(12-15)28-14-23-17/h2-7,12,14,18H,8-11,13H2,1H3,(H,24,26)/p+1/t18-/m0/s1. The first kappa shape index (κ1) is 17.6. The van der Waals surface area contributed by atoms with Crippen molar-refractivity contribution in [1.82, 2.24) is 10.3 Å². The molecular weight excluding hydrogens is 370 g/mol. The van der Waals surface area contributed by atoms with Gasteiger partial charge in [-0.2, -0.15) is 0 Å². The Labute approximate surface area is 168 Å². The van der Waals surface area contributed by atoms with Gasteiger partial charge in [0, 0.05) is 30.4 Å². The molecule has 5 nitrogen and oxygen atoms in total. The molecular formula is C22H24N3O2S+. The van der Waals surface area contributed by atoms with E-state index in [-0.39, 0.29) is 17.6 Å². The van der Waals surface area contributed by atoms with Crippen LogP contribution in [0.3, 0.4) is 0 Å². The molecule has 28 heavy (non-hydrogen) atoms. The van der Waals surface area contributed by atoms with Crippen LogP contribution in [0.5, 0.6) is 5.75 Å². The molecule has 1 spiro atoms. The zero-order valence-corrected chi connectivity index (χ0v) is 16.7. The lowest BCUT2D eigenvalue weighted by Gasteiger charge is -2.45. The number of nitrogens with one attached hydrogen (secondary N) is 2. The fourth-order valence-corrected chi connectivity index (χ4v) is 5.14. The molecule has 2 aliphatic heterocycles. The van der Waals surface area contributed by atoms with Crippen LogP contribution in [0.2, 0.25) is 0 Å². The largest absolute Gasteiger partial charge is 0.486 e. The van der Waals surface area contributed by atoms with E-state index in [4.69, 9.17) is 4.74 Å². The highest BCUT2D eigenvalue weighted by Crippen LogP contribution is 2.43. The van der Waals surface area contributed by atoms with Crippen LogP contribution in [0.25, 0.3) is 10.2 Å². The maximum atomic E-state index is 13.0. The molecule has 2 N–H and O–H groups in total. The normalized spacial score (nSPS) is 26.6. The van der Waals surface area contributed by atoms with Crippen LogP contribution in [-0.4, -0.2) is 36.6 Å². The van der Waals surface area contributed by atoms with Gasteiger partial charge in [-0.3, -0.25) is 4.79 Å². The van der Waals surface area contributed by atoms with E-state index in [1.807, 2.05) is 41.9 Å². The number of amides is 1. The van der Waals surface area contributed by atoms with Gasteiger partial charge in [0.05, 0.1) is 41.9 Å². The van der Waals surface area contributed by atoms with E-state index in [0.717, 1.165) is 53.9 Å². The molecule has 0 unspecified atom stereocenters. The minimum Gasteiger partial charge on any atom is -0.486 e. The van der Waals surface area contributed by atoms with E-state index in [0.29, 0.717) is 5.56 Å². The van der Waals surface area contributed by atoms with Crippen LogP contribution in [0.1, 0.15) is 41.2 Å². The predicted octanol–water partition coefficient (Wildman–Crippen LogP) is 2.60. The molecule has 3 heterocycles. The molecule has 1 saturated heterocycles. The minimum atomic E-state index is -0.173. The van der Waals surface area contributed by atoms with Gasteiger partial charge in [-0.05, 0) is 24.3 Å². The van der Waals surface area contributed by atoms with Gasteiger partial charge in [-0.1, -0.05) is 18.2 Å². The number of carbonyl (C=O) groups excluding carboxylic acids is 1. The van der Waals surface area contributed by atoms with Crippen LogP contribution in [0.4, 0.5) is 0 Å². The number of para-hydroxylation sites is 1. The number of likely N-dealkylation sites (tertiary alicyclic amines) is 1. The molecule has 0 aliphatic carbocycles. The molecule has 1 fully saturated rings. The van der Waals surface area contributed by atoms with E-state index >= 15 is 0 Å². The number of piperidine rings is 1. The highest BCUT2D eigenvalue weighted by molar-refractivity contribution is 7.16. The van der Waals surface area contributed by atoms with Crippen LogP contribution in [0.15, 0.2) is 48.0 Å². The second-order valence-corrected chi connectivity index (χ2v) is 8.93. The van der Waals surface area contributed by atoms with E-state index in [1.165, 1.54) is 0 Å².